The van der Waals surface area contributed by atoms with E-state index in [1.54, 1.807) is 55.5 Å². The fraction of sp³-hybridized carbons (Fsp3) is 0.391. The molecule has 0 unspecified atom stereocenters. The molecule has 0 fully saturated rings. The molecule has 0 aliphatic rings. The van der Waals surface area contributed by atoms with E-state index >= 15 is 0 Å². The van der Waals surface area contributed by atoms with Crippen molar-refractivity contribution < 1.29 is 18.0 Å². The van der Waals surface area contributed by atoms with Crippen LogP contribution in [0.15, 0.2) is 48.5 Å². The van der Waals surface area contributed by atoms with Gasteiger partial charge in [0.05, 0.1) is 22.0 Å². The van der Waals surface area contributed by atoms with Crippen LogP contribution in [-0.4, -0.2) is 50.0 Å². The fourth-order valence-electron chi connectivity index (χ4n) is 3.09. The number of nitrogens with one attached hydrogen (secondary N) is 1. The summed E-state index contributed by atoms with van der Waals surface area (Å²) in [7, 11) is -3.75. The standard InChI is InChI=1S/C23H29Cl2N3O4S/c1-5-16(2)26-23(30)17(3)27(14-18-11-12-20(24)21(25)13-18)22(29)15-28(33(4,31)32)19-9-7-6-8-10-19/h6-13,16-17H,5,14-15H2,1-4H3,(H,26,30)/t16-,17-/m1/s1. The molecule has 180 valence electrons. The van der Waals surface area contributed by atoms with Crippen molar-refractivity contribution in [2.24, 2.45) is 0 Å². The highest BCUT2D eigenvalue weighted by Gasteiger charge is 2.30. The van der Waals surface area contributed by atoms with Crippen LogP contribution in [-0.2, 0) is 26.2 Å². The van der Waals surface area contributed by atoms with E-state index in [2.05, 4.69) is 5.32 Å². The van der Waals surface area contributed by atoms with E-state index in [-0.39, 0.29) is 18.5 Å². The van der Waals surface area contributed by atoms with Crippen LogP contribution in [0.4, 0.5) is 5.69 Å². The second-order valence-corrected chi connectivity index (χ2v) is 10.6. The normalized spacial score (nSPS) is 13.2. The maximum atomic E-state index is 13.4. The molecule has 0 aliphatic heterocycles. The number of halogens is 2. The topological polar surface area (TPSA) is 86.8 Å². The highest BCUT2D eigenvalue weighted by Crippen LogP contribution is 2.24. The van der Waals surface area contributed by atoms with Crippen molar-refractivity contribution in [1.82, 2.24) is 10.2 Å². The van der Waals surface area contributed by atoms with Crippen LogP contribution in [0.2, 0.25) is 10.0 Å². The van der Waals surface area contributed by atoms with E-state index in [0.29, 0.717) is 21.3 Å². The van der Waals surface area contributed by atoms with Crippen LogP contribution in [0, 0.1) is 0 Å². The Morgan fingerprint density at radius 3 is 2.21 bits per heavy atom. The van der Waals surface area contributed by atoms with E-state index in [9.17, 15) is 18.0 Å². The largest absolute Gasteiger partial charge is 0.352 e. The Morgan fingerprint density at radius 1 is 1.03 bits per heavy atom. The molecule has 2 amide bonds. The Hall–Kier alpha value is -2.29. The van der Waals surface area contributed by atoms with Gasteiger partial charge in [0.2, 0.25) is 21.8 Å². The first kappa shape index (κ1) is 27.0. The zero-order chi connectivity index (χ0) is 24.8. The summed E-state index contributed by atoms with van der Waals surface area (Å²) in [4.78, 5) is 27.6. The quantitative estimate of drug-likeness (QED) is 0.518. The molecule has 0 radical (unpaired) electrons. The summed E-state index contributed by atoms with van der Waals surface area (Å²) in [6, 6.07) is 12.4. The molecule has 0 aromatic heterocycles. The molecule has 1 N–H and O–H groups in total. The lowest BCUT2D eigenvalue weighted by Crippen LogP contribution is -2.52. The van der Waals surface area contributed by atoms with E-state index in [1.807, 2.05) is 13.8 Å². The van der Waals surface area contributed by atoms with Gasteiger partial charge in [-0.1, -0.05) is 54.4 Å². The monoisotopic (exact) mass is 513 g/mol. The molecule has 0 saturated carbocycles. The third kappa shape index (κ3) is 7.62. The number of sulfonamides is 1. The third-order valence-electron chi connectivity index (χ3n) is 5.23. The van der Waals surface area contributed by atoms with Gasteiger partial charge in [0, 0.05) is 12.6 Å². The molecule has 0 saturated heterocycles. The number of hydrogen-bond acceptors (Lipinski definition) is 4. The van der Waals surface area contributed by atoms with Gasteiger partial charge >= 0.3 is 0 Å². The van der Waals surface area contributed by atoms with Gasteiger partial charge in [-0.3, -0.25) is 13.9 Å². The second-order valence-electron chi connectivity index (χ2n) is 7.87. The van der Waals surface area contributed by atoms with E-state index < -0.39 is 28.5 Å². The number of benzene rings is 2. The van der Waals surface area contributed by atoms with Gasteiger partial charge in [-0.2, -0.15) is 0 Å². The van der Waals surface area contributed by atoms with Crippen LogP contribution >= 0.6 is 23.2 Å². The molecule has 2 atom stereocenters. The average Bonchev–Trinajstić information content (AvgIpc) is 2.77. The molecule has 0 bridgehead atoms. The Morgan fingerprint density at radius 2 is 1.67 bits per heavy atom. The molecule has 2 aromatic rings. The molecule has 33 heavy (non-hydrogen) atoms. The lowest BCUT2D eigenvalue weighted by molar-refractivity contribution is -0.139. The zero-order valence-corrected chi connectivity index (χ0v) is 21.4. The first-order valence-corrected chi connectivity index (χ1v) is 13.1. The smallest absolute Gasteiger partial charge is 0.244 e. The highest BCUT2D eigenvalue weighted by atomic mass is 35.5. The molecular weight excluding hydrogens is 485 g/mol. The lowest BCUT2D eigenvalue weighted by atomic mass is 10.1. The number of nitrogens with zero attached hydrogens (tertiary/aromatic N) is 2. The predicted molar refractivity (Wildman–Crippen MR) is 133 cm³/mol. The summed E-state index contributed by atoms with van der Waals surface area (Å²) < 4.78 is 25.9. The van der Waals surface area contributed by atoms with Crippen molar-refractivity contribution in [3.63, 3.8) is 0 Å². The van der Waals surface area contributed by atoms with Gasteiger partial charge in [-0.05, 0) is 50.1 Å². The first-order valence-electron chi connectivity index (χ1n) is 10.5. The van der Waals surface area contributed by atoms with E-state index in [4.69, 9.17) is 23.2 Å². The van der Waals surface area contributed by atoms with Gasteiger partial charge in [0.15, 0.2) is 0 Å². The molecule has 0 aliphatic carbocycles. The number of carbonyl (C=O) groups is 2. The second kappa shape index (κ2) is 11.7. The summed E-state index contributed by atoms with van der Waals surface area (Å²) in [6.07, 6.45) is 1.77. The number of rotatable bonds is 10. The van der Waals surface area contributed by atoms with E-state index in [1.165, 1.54) is 4.90 Å². The van der Waals surface area contributed by atoms with Crippen LogP contribution in [0.5, 0.6) is 0 Å². The fourth-order valence-corrected chi connectivity index (χ4v) is 4.26. The number of para-hydroxylation sites is 1. The van der Waals surface area contributed by atoms with Gasteiger partial charge in [0.25, 0.3) is 0 Å². The predicted octanol–water partition coefficient (Wildman–Crippen LogP) is 4.09. The summed E-state index contributed by atoms with van der Waals surface area (Å²) in [5.74, 6) is -0.856. The van der Waals surface area contributed by atoms with Crippen LogP contribution in [0.3, 0.4) is 0 Å². The van der Waals surface area contributed by atoms with Gasteiger partial charge < -0.3 is 10.2 Å². The molecule has 10 heteroatoms. The summed E-state index contributed by atoms with van der Waals surface area (Å²) >= 11 is 12.1. The third-order valence-corrected chi connectivity index (χ3v) is 7.11. The lowest BCUT2D eigenvalue weighted by Gasteiger charge is -2.32. The number of anilines is 1. The molecule has 0 spiro atoms. The minimum absolute atomic E-state index is 0.0528. The van der Waals surface area contributed by atoms with Crippen LogP contribution < -0.4 is 9.62 Å². The van der Waals surface area contributed by atoms with Crippen molar-refractivity contribution in [2.75, 3.05) is 17.1 Å². The Labute approximate surface area is 205 Å². The van der Waals surface area contributed by atoms with Crippen molar-refractivity contribution in [3.05, 3.63) is 64.1 Å². The highest BCUT2D eigenvalue weighted by molar-refractivity contribution is 7.92. The van der Waals surface area contributed by atoms with Gasteiger partial charge in [-0.25, -0.2) is 8.42 Å². The molecule has 2 rings (SSSR count). The Kier molecular flexibility index (Phi) is 9.57. The molecular formula is C23H29Cl2N3O4S. The van der Waals surface area contributed by atoms with Crippen molar-refractivity contribution in [2.45, 2.75) is 45.8 Å². The maximum Gasteiger partial charge on any atom is 0.244 e. The van der Waals surface area contributed by atoms with Crippen LogP contribution in [0.1, 0.15) is 32.8 Å². The van der Waals surface area contributed by atoms with Crippen LogP contribution in [0.25, 0.3) is 0 Å². The Bertz CT molecular complexity index is 1080. The molecule has 2 aromatic carbocycles. The maximum absolute atomic E-state index is 13.4. The Balaban J connectivity index is 2.38. The summed E-state index contributed by atoms with van der Waals surface area (Å²) in [5.41, 5.74) is 1.02. The average molecular weight is 514 g/mol. The van der Waals surface area contributed by atoms with Crippen molar-refractivity contribution in [1.29, 1.82) is 0 Å². The number of hydrogen-bond donors (Lipinski definition) is 1. The number of carbonyl (C=O) groups excluding carboxylic acids is 2. The van der Waals surface area contributed by atoms with Gasteiger partial charge in [0.1, 0.15) is 12.6 Å². The first-order chi connectivity index (χ1) is 15.4. The van der Waals surface area contributed by atoms with Crippen molar-refractivity contribution >= 4 is 50.7 Å². The SMILES string of the molecule is CC[C@@H](C)NC(=O)[C@@H](C)N(Cc1ccc(Cl)c(Cl)c1)C(=O)CN(c1ccccc1)S(C)(=O)=O. The minimum atomic E-state index is -3.75. The van der Waals surface area contributed by atoms with E-state index in [0.717, 1.165) is 17.0 Å². The van der Waals surface area contributed by atoms with Crippen molar-refractivity contribution in [3.8, 4) is 0 Å². The molecule has 0 heterocycles. The zero-order valence-electron chi connectivity index (χ0n) is 19.1. The van der Waals surface area contributed by atoms with Gasteiger partial charge in [-0.15, -0.1) is 0 Å². The number of amides is 2. The molecule has 7 nitrogen and oxygen atoms in total. The summed E-state index contributed by atoms with van der Waals surface area (Å²) in [6.45, 7) is 5.03. The minimum Gasteiger partial charge on any atom is -0.352 e. The summed E-state index contributed by atoms with van der Waals surface area (Å²) in [5, 5.41) is 3.56.